The highest BCUT2D eigenvalue weighted by Gasteiger charge is 2.22. The molecule has 0 amide bonds. The van der Waals surface area contributed by atoms with Gasteiger partial charge in [0.25, 0.3) is 10.0 Å². The smallest absolute Gasteiger partial charge is 0.341 e. The molecule has 1 heterocycles. The molecule has 0 spiro atoms. The minimum atomic E-state index is -4.06. The van der Waals surface area contributed by atoms with E-state index in [-0.39, 0.29) is 28.5 Å². The van der Waals surface area contributed by atoms with Gasteiger partial charge in [-0.3, -0.25) is 4.72 Å². The minimum absolute atomic E-state index is 0.0417. The molecule has 180 valence electrons. The lowest BCUT2D eigenvalue weighted by molar-refractivity contribution is 0.0694. The zero-order valence-electron chi connectivity index (χ0n) is 18.9. The van der Waals surface area contributed by atoms with E-state index in [9.17, 15) is 18.3 Å². The molecule has 0 fully saturated rings. The molecular weight excluding hydrogens is 472 g/mol. The van der Waals surface area contributed by atoms with Gasteiger partial charge in [0.1, 0.15) is 35.1 Å². The number of rotatable bonds is 9. The lowest BCUT2D eigenvalue weighted by Crippen LogP contribution is -2.16. The van der Waals surface area contributed by atoms with Gasteiger partial charge in [-0.2, -0.15) is 0 Å². The third-order valence-corrected chi connectivity index (χ3v) is 6.51. The first-order valence-electron chi connectivity index (χ1n) is 10.5. The molecule has 0 radical (unpaired) electrons. The molecule has 0 aliphatic rings. The molecule has 0 atom stereocenters. The molecule has 0 aliphatic heterocycles. The summed E-state index contributed by atoms with van der Waals surface area (Å²) in [6.07, 6.45) is 0. The van der Waals surface area contributed by atoms with Gasteiger partial charge in [-0.15, -0.1) is 0 Å². The lowest BCUT2D eigenvalue weighted by Gasteiger charge is -2.13. The standard InChI is InChI=1S/C25H22N2O7S/c1-16-21(26-24(34-16)17-7-4-3-5-8-17)15-33-18-11-13-19(14-12-18)35(30,31)27-20-9-6-10-22(32-2)23(20)25(28)29/h3-14,27H,15H2,1-2H3,(H,28,29). The summed E-state index contributed by atoms with van der Waals surface area (Å²) >= 11 is 0. The zero-order valence-corrected chi connectivity index (χ0v) is 19.7. The number of hydrogen-bond acceptors (Lipinski definition) is 7. The van der Waals surface area contributed by atoms with Crippen LogP contribution < -0.4 is 14.2 Å². The van der Waals surface area contributed by atoms with Crippen molar-refractivity contribution in [3.05, 3.63) is 89.8 Å². The monoisotopic (exact) mass is 494 g/mol. The summed E-state index contributed by atoms with van der Waals surface area (Å²) in [6.45, 7) is 1.93. The Morgan fingerprint density at radius 1 is 1.03 bits per heavy atom. The van der Waals surface area contributed by atoms with Crippen molar-refractivity contribution >= 4 is 21.7 Å². The first kappa shape index (κ1) is 23.8. The summed E-state index contributed by atoms with van der Waals surface area (Å²) in [4.78, 5) is 16.0. The summed E-state index contributed by atoms with van der Waals surface area (Å²) in [7, 11) is -2.76. The van der Waals surface area contributed by atoms with Gasteiger partial charge in [0.15, 0.2) is 0 Å². The second-order valence-electron chi connectivity index (χ2n) is 7.44. The van der Waals surface area contributed by atoms with E-state index in [4.69, 9.17) is 13.9 Å². The number of aryl methyl sites for hydroxylation is 1. The van der Waals surface area contributed by atoms with Crippen molar-refractivity contribution in [2.24, 2.45) is 0 Å². The highest BCUT2D eigenvalue weighted by molar-refractivity contribution is 7.92. The van der Waals surface area contributed by atoms with Crippen LogP contribution in [0, 0.1) is 6.92 Å². The van der Waals surface area contributed by atoms with Crippen molar-refractivity contribution in [2.45, 2.75) is 18.4 Å². The van der Waals surface area contributed by atoms with Crippen LogP contribution >= 0.6 is 0 Å². The van der Waals surface area contributed by atoms with Crippen molar-refractivity contribution in [1.29, 1.82) is 0 Å². The second-order valence-corrected chi connectivity index (χ2v) is 9.12. The summed E-state index contributed by atoms with van der Waals surface area (Å²) in [6, 6.07) is 19.5. The van der Waals surface area contributed by atoms with Gasteiger partial charge in [-0.05, 0) is 55.5 Å². The van der Waals surface area contributed by atoms with E-state index < -0.39 is 16.0 Å². The summed E-state index contributed by atoms with van der Waals surface area (Å²) in [5.41, 5.74) is 1.09. The largest absolute Gasteiger partial charge is 0.496 e. The van der Waals surface area contributed by atoms with Crippen LogP contribution in [0.25, 0.3) is 11.5 Å². The maximum atomic E-state index is 12.8. The van der Waals surface area contributed by atoms with E-state index in [1.807, 2.05) is 30.3 Å². The number of benzene rings is 3. The Hall–Kier alpha value is -4.31. The molecule has 0 aliphatic carbocycles. The van der Waals surface area contributed by atoms with Gasteiger partial charge < -0.3 is 19.0 Å². The maximum absolute atomic E-state index is 12.8. The molecule has 0 unspecified atom stereocenters. The maximum Gasteiger partial charge on any atom is 0.341 e. The Kier molecular flexibility index (Phi) is 6.74. The molecule has 0 saturated carbocycles. The van der Waals surface area contributed by atoms with Crippen LogP contribution in [0.2, 0.25) is 0 Å². The number of sulfonamides is 1. The number of oxazole rings is 1. The molecule has 4 rings (SSSR count). The number of carbonyl (C=O) groups is 1. The number of aromatic carboxylic acids is 1. The average molecular weight is 495 g/mol. The van der Waals surface area contributed by atoms with Crippen molar-refractivity contribution in [3.63, 3.8) is 0 Å². The van der Waals surface area contributed by atoms with Crippen molar-refractivity contribution in [2.75, 3.05) is 11.8 Å². The summed E-state index contributed by atoms with van der Waals surface area (Å²) in [5, 5.41) is 9.48. The molecular formula is C25H22N2O7S. The Morgan fingerprint density at radius 2 is 1.74 bits per heavy atom. The van der Waals surface area contributed by atoms with Crippen LogP contribution in [-0.2, 0) is 16.6 Å². The fourth-order valence-corrected chi connectivity index (χ4v) is 4.42. The topological polar surface area (TPSA) is 128 Å². The van der Waals surface area contributed by atoms with Gasteiger partial charge >= 0.3 is 5.97 Å². The van der Waals surface area contributed by atoms with Crippen LogP contribution in [0.4, 0.5) is 5.69 Å². The fourth-order valence-electron chi connectivity index (χ4n) is 3.34. The van der Waals surface area contributed by atoms with Crippen LogP contribution in [0.5, 0.6) is 11.5 Å². The summed E-state index contributed by atoms with van der Waals surface area (Å²) < 4.78 is 44.5. The number of hydrogen-bond donors (Lipinski definition) is 2. The SMILES string of the molecule is COc1cccc(NS(=O)(=O)c2ccc(OCc3nc(-c4ccccc4)oc3C)cc2)c1C(=O)O. The van der Waals surface area contributed by atoms with E-state index >= 15 is 0 Å². The number of anilines is 1. The number of aromatic nitrogens is 1. The molecule has 2 N–H and O–H groups in total. The molecule has 0 bridgehead atoms. The van der Waals surface area contributed by atoms with E-state index in [1.54, 1.807) is 6.92 Å². The van der Waals surface area contributed by atoms with Crippen LogP contribution in [-0.4, -0.2) is 31.6 Å². The zero-order chi connectivity index (χ0) is 25.0. The van der Waals surface area contributed by atoms with Crippen LogP contribution in [0.1, 0.15) is 21.8 Å². The number of carboxylic acids is 1. The highest BCUT2D eigenvalue weighted by atomic mass is 32.2. The van der Waals surface area contributed by atoms with Crippen molar-refractivity contribution < 1.29 is 32.2 Å². The van der Waals surface area contributed by atoms with Crippen molar-refractivity contribution in [3.8, 4) is 23.0 Å². The number of methoxy groups -OCH3 is 1. The van der Waals surface area contributed by atoms with E-state index in [0.29, 0.717) is 23.1 Å². The number of nitrogens with zero attached hydrogens (tertiary/aromatic N) is 1. The minimum Gasteiger partial charge on any atom is -0.496 e. The normalized spacial score (nSPS) is 11.1. The number of nitrogens with one attached hydrogen (secondary N) is 1. The third-order valence-electron chi connectivity index (χ3n) is 5.13. The quantitative estimate of drug-likeness (QED) is 0.342. The first-order valence-corrected chi connectivity index (χ1v) is 11.9. The molecule has 1 aromatic heterocycles. The summed E-state index contributed by atoms with van der Waals surface area (Å²) in [5.74, 6) is 0.273. The highest BCUT2D eigenvalue weighted by Crippen LogP contribution is 2.29. The third kappa shape index (κ3) is 5.28. The average Bonchev–Trinajstić information content (AvgIpc) is 3.23. The Balaban J connectivity index is 1.47. The van der Waals surface area contributed by atoms with Gasteiger partial charge in [0.2, 0.25) is 5.89 Å². The Labute approximate surface area is 202 Å². The number of carboxylic acid groups (broad SMARTS) is 1. The predicted molar refractivity (Wildman–Crippen MR) is 128 cm³/mol. The van der Waals surface area contributed by atoms with Gasteiger partial charge in [0.05, 0.1) is 17.7 Å². The fraction of sp³-hybridized carbons (Fsp3) is 0.120. The Morgan fingerprint density at radius 3 is 2.40 bits per heavy atom. The van der Waals surface area contributed by atoms with E-state index in [2.05, 4.69) is 9.71 Å². The molecule has 9 nitrogen and oxygen atoms in total. The van der Waals surface area contributed by atoms with Gasteiger partial charge in [-0.25, -0.2) is 18.2 Å². The van der Waals surface area contributed by atoms with Crippen LogP contribution in [0.3, 0.4) is 0 Å². The molecule has 4 aromatic rings. The van der Waals surface area contributed by atoms with Gasteiger partial charge in [0, 0.05) is 5.56 Å². The van der Waals surface area contributed by atoms with Crippen molar-refractivity contribution in [1.82, 2.24) is 4.98 Å². The van der Waals surface area contributed by atoms with Crippen LogP contribution in [0.15, 0.2) is 82.1 Å². The predicted octanol–water partition coefficient (Wildman–Crippen LogP) is 4.74. The van der Waals surface area contributed by atoms with E-state index in [0.717, 1.165) is 5.56 Å². The second kappa shape index (κ2) is 9.90. The lowest BCUT2D eigenvalue weighted by atomic mass is 10.1. The number of ether oxygens (including phenoxy) is 2. The molecule has 10 heteroatoms. The Bertz CT molecular complexity index is 1450. The molecule has 3 aromatic carbocycles. The molecule has 35 heavy (non-hydrogen) atoms. The van der Waals surface area contributed by atoms with E-state index in [1.165, 1.54) is 49.6 Å². The molecule has 0 saturated heterocycles. The first-order chi connectivity index (χ1) is 16.8. The van der Waals surface area contributed by atoms with Gasteiger partial charge in [-0.1, -0.05) is 24.3 Å².